The van der Waals surface area contributed by atoms with Crippen LogP contribution < -0.4 is 5.56 Å². The van der Waals surface area contributed by atoms with E-state index in [0.29, 0.717) is 21.1 Å². The van der Waals surface area contributed by atoms with Gasteiger partial charge in [-0.05, 0) is 46.7 Å². The first-order valence-corrected chi connectivity index (χ1v) is 10.3. The second-order valence-electron chi connectivity index (χ2n) is 5.89. The van der Waals surface area contributed by atoms with Crippen LogP contribution in [0.5, 0.6) is 0 Å². The maximum Gasteiger partial charge on any atom is 0.282 e. The summed E-state index contributed by atoms with van der Waals surface area (Å²) in [6.45, 7) is 2.40. The SMILES string of the molecule is CCn1ncc(Sc2nnc(-c3ccccc3)n2-c2ccccc2)c(Br)c1=O. The fraction of sp³-hybridized carbons (Fsp3) is 0.100. The highest BCUT2D eigenvalue weighted by Gasteiger charge is 2.19. The van der Waals surface area contributed by atoms with E-state index in [0.717, 1.165) is 17.1 Å². The van der Waals surface area contributed by atoms with Crippen molar-refractivity contribution in [3.05, 3.63) is 81.7 Å². The Balaban J connectivity index is 1.84. The minimum absolute atomic E-state index is 0.165. The van der Waals surface area contributed by atoms with E-state index in [-0.39, 0.29) is 5.56 Å². The summed E-state index contributed by atoms with van der Waals surface area (Å²) in [6, 6.07) is 19.8. The number of benzene rings is 2. The molecule has 4 aromatic rings. The summed E-state index contributed by atoms with van der Waals surface area (Å²) < 4.78 is 3.86. The van der Waals surface area contributed by atoms with Crippen LogP contribution in [0, 0.1) is 0 Å². The van der Waals surface area contributed by atoms with Crippen LogP contribution in [-0.2, 0) is 6.54 Å². The Kier molecular flexibility index (Phi) is 5.40. The molecule has 0 atom stereocenters. The quantitative estimate of drug-likeness (QED) is 0.447. The Hall–Kier alpha value is -2.71. The molecule has 0 unspecified atom stereocenters. The van der Waals surface area contributed by atoms with E-state index in [1.165, 1.54) is 16.4 Å². The monoisotopic (exact) mass is 453 g/mol. The van der Waals surface area contributed by atoms with E-state index >= 15 is 0 Å². The van der Waals surface area contributed by atoms with Crippen LogP contribution in [0.4, 0.5) is 0 Å². The largest absolute Gasteiger partial charge is 0.282 e. The van der Waals surface area contributed by atoms with E-state index in [2.05, 4.69) is 31.2 Å². The lowest BCUT2D eigenvalue weighted by molar-refractivity contribution is 0.604. The highest BCUT2D eigenvalue weighted by atomic mass is 79.9. The first kappa shape index (κ1) is 18.6. The molecule has 0 saturated heterocycles. The maximum atomic E-state index is 12.4. The summed E-state index contributed by atoms with van der Waals surface area (Å²) in [4.78, 5) is 13.1. The molecule has 0 saturated carbocycles. The molecular weight excluding hydrogens is 438 g/mol. The van der Waals surface area contributed by atoms with Gasteiger partial charge in [-0.15, -0.1) is 10.2 Å². The molecule has 0 spiro atoms. The summed E-state index contributed by atoms with van der Waals surface area (Å²) in [5.74, 6) is 0.736. The second kappa shape index (κ2) is 8.12. The van der Waals surface area contributed by atoms with Crippen LogP contribution in [0.15, 0.2) is 86.2 Å². The molecule has 0 fully saturated rings. The molecule has 0 aliphatic rings. The van der Waals surface area contributed by atoms with Gasteiger partial charge in [-0.2, -0.15) is 5.10 Å². The zero-order chi connectivity index (χ0) is 19.5. The second-order valence-corrected chi connectivity index (χ2v) is 7.69. The van der Waals surface area contributed by atoms with Crippen LogP contribution >= 0.6 is 27.7 Å². The Morgan fingerprint density at radius 3 is 2.36 bits per heavy atom. The molecule has 4 rings (SSSR count). The fourth-order valence-electron chi connectivity index (χ4n) is 2.76. The first-order chi connectivity index (χ1) is 13.7. The van der Waals surface area contributed by atoms with Crippen molar-refractivity contribution in [2.75, 3.05) is 0 Å². The van der Waals surface area contributed by atoms with Crippen molar-refractivity contribution in [2.24, 2.45) is 0 Å². The third kappa shape index (κ3) is 3.53. The molecule has 0 amide bonds. The molecule has 0 radical (unpaired) electrons. The Labute approximate surface area is 174 Å². The summed E-state index contributed by atoms with van der Waals surface area (Å²) in [6.07, 6.45) is 1.67. The predicted octanol–water partition coefficient (Wildman–Crippen LogP) is 4.42. The molecule has 8 heteroatoms. The Bertz CT molecular complexity index is 1160. The van der Waals surface area contributed by atoms with E-state index < -0.39 is 0 Å². The van der Waals surface area contributed by atoms with Crippen molar-refractivity contribution in [3.8, 4) is 17.1 Å². The van der Waals surface area contributed by atoms with Gasteiger partial charge in [0.1, 0.15) is 0 Å². The standard InChI is InChI=1S/C20H16BrN5OS/c1-2-25-19(27)17(21)16(13-22-25)28-20-24-23-18(14-9-5-3-6-10-14)26(20)15-11-7-4-8-12-15/h3-13H,2H2,1H3. The van der Waals surface area contributed by atoms with E-state index in [4.69, 9.17) is 0 Å². The number of aromatic nitrogens is 5. The maximum absolute atomic E-state index is 12.4. The van der Waals surface area contributed by atoms with Gasteiger partial charge >= 0.3 is 0 Å². The lowest BCUT2D eigenvalue weighted by Crippen LogP contribution is -2.22. The molecule has 140 valence electrons. The lowest BCUT2D eigenvalue weighted by atomic mass is 10.2. The summed E-state index contributed by atoms with van der Waals surface area (Å²) in [5, 5.41) is 13.7. The minimum atomic E-state index is -0.165. The average Bonchev–Trinajstić information content (AvgIpc) is 3.16. The number of rotatable bonds is 5. The van der Waals surface area contributed by atoms with Gasteiger partial charge in [0.05, 0.1) is 15.6 Å². The van der Waals surface area contributed by atoms with Crippen molar-refractivity contribution in [1.29, 1.82) is 0 Å². The number of para-hydroxylation sites is 1. The summed E-state index contributed by atoms with van der Waals surface area (Å²) >= 11 is 4.76. The van der Waals surface area contributed by atoms with Crippen LogP contribution in [-0.4, -0.2) is 24.5 Å². The third-order valence-corrected chi connectivity index (χ3v) is 6.14. The number of aryl methyl sites for hydroxylation is 1. The van der Waals surface area contributed by atoms with Gasteiger partial charge in [-0.3, -0.25) is 9.36 Å². The van der Waals surface area contributed by atoms with Gasteiger partial charge in [0.25, 0.3) is 5.56 Å². The number of hydrogen-bond acceptors (Lipinski definition) is 5. The molecule has 0 aliphatic heterocycles. The number of hydrogen-bond donors (Lipinski definition) is 0. The molecule has 0 N–H and O–H groups in total. The highest BCUT2D eigenvalue weighted by molar-refractivity contribution is 9.10. The topological polar surface area (TPSA) is 65.6 Å². The van der Waals surface area contributed by atoms with E-state index in [1.54, 1.807) is 6.20 Å². The van der Waals surface area contributed by atoms with Gasteiger partial charge in [0.15, 0.2) is 5.82 Å². The average molecular weight is 454 g/mol. The number of nitrogens with zero attached hydrogens (tertiary/aromatic N) is 5. The normalized spacial score (nSPS) is 10.9. The lowest BCUT2D eigenvalue weighted by Gasteiger charge is -2.11. The fourth-order valence-corrected chi connectivity index (χ4v) is 4.15. The Morgan fingerprint density at radius 1 is 1.00 bits per heavy atom. The van der Waals surface area contributed by atoms with E-state index in [9.17, 15) is 4.79 Å². The van der Waals surface area contributed by atoms with Crippen molar-refractivity contribution < 1.29 is 0 Å². The van der Waals surface area contributed by atoms with Crippen molar-refractivity contribution in [3.63, 3.8) is 0 Å². The number of halogens is 1. The molecule has 6 nitrogen and oxygen atoms in total. The summed E-state index contributed by atoms with van der Waals surface area (Å²) in [5.41, 5.74) is 1.74. The molecule has 0 aliphatic carbocycles. The molecule has 2 aromatic carbocycles. The van der Waals surface area contributed by atoms with Gasteiger partial charge in [-0.25, -0.2) is 4.68 Å². The van der Waals surface area contributed by atoms with Crippen LogP contribution in [0.25, 0.3) is 17.1 Å². The van der Waals surface area contributed by atoms with Crippen LogP contribution in [0.1, 0.15) is 6.92 Å². The van der Waals surface area contributed by atoms with Gasteiger partial charge in [0.2, 0.25) is 5.16 Å². The predicted molar refractivity (Wildman–Crippen MR) is 113 cm³/mol. The van der Waals surface area contributed by atoms with E-state index in [1.807, 2.05) is 72.2 Å². The highest BCUT2D eigenvalue weighted by Crippen LogP contribution is 2.34. The smallest absolute Gasteiger partial charge is 0.270 e. The van der Waals surface area contributed by atoms with Crippen molar-refractivity contribution in [1.82, 2.24) is 24.5 Å². The molecule has 0 bridgehead atoms. The molecule has 28 heavy (non-hydrogen) atoms. The first-order valence-electron chi connectivity index (χ1n) is 8.68. The van der Waals surface area contributed by atoms with Gasteiger partial charge < -0.3 is 0 Å². The van der Waals surface area contributed by atoms with Gasteiger partial charge in [0, 0.05) is 17.8 Å². The third-order valence-electron chi connectivity index (χ3n) is 4.13. The van der Waals surface area contributed by atoms with Crippen molar-refractivity contribution >= 4 is 27.7 Å². The molecular formula is C20H16BrN5OS. The molecule has 2 aromatic heterocycles. The Morgan fingerprint density at radius 2 is 1.68 bits per heavy atom. The summed E-state index contributed by atoms with van der Waals surface area (Å²) in [7, 11) is 0. The van der Waals surface area contributed by atoms with Crippen LogP contribution in [0.2, 0.25) is 0 Å². The van der Waals surface area contributed by atoms with Gasteiger partial charge in [-0.1, -0.05) is 48.5 Å². The zero-order valence-corrected chi connectivity index (χ0v) is 17.4. The van der Waals surface area contributed by atoms with Crippen LogP contribution in [0.3, 0.4) is 0 Å². The van der Waals surface area contributed by atoms with Crippen molar-refractivity contribution in [2.45, 2.75) is 23.5 Å². The minimum Gasteiger partial charge on any atom is -0.270 e. The molecule has 2 heterocycles. The zero-order valence-electron chi connectivity index (χ0n) is 15.0.